The summed E-state index contributed by atoms with van der Waals surface area (Å²) in [5.41, 5.74) is 9.94. The highest BCUT2D eigenvalue weighted by Crippen LogP contribution is 2.40. The zero-order valence-electron chi connectivity index (χ0n) is 14.9. The van der Waals surface area contributed by atoms with Crippen molar-refractivity contribution in [3.63, 3.8) is 0 Å². The molecule has 1 aliphatic carbocycles. The molecule has 136 valence electrons. The zero-order valence-corrected chi connectivity index (χ0v) is 14.9. The number of fused-ring (bicyclic) bond motifs is 1. The molecule has 0 aliphatic heterocycles. The van der Waals surface area contributed by atoms with Crippen molar-refractivity contribution in [2.24, 2.45) is 0 Å². The fourth-order valence-electron chi connectivity index (χ4n) is 3.44. The van der Waals surface area contributed by atoms with Crippen LogP contribution in [0.25, 0.3) is 10.9 Å². The molecule has 1 saturated carbocycles. The van der Waals surface area contributed by atoms with E-state index in [1.54, 1.807) is 6.20 Å². The number of rotatable bonds is 5. The molecule has 0 saturated heterocycles. The Balaban J connectivity index is 1.52. The highest BCUT2D eigenvalue weighted by atomic mass is 15.2. The van der Waals surface area contributed by atoms with Crippen LogP contribution in [0.3, 0.4) is 0 Å². The van der Waals surface area contributed by atoms with Gasteiger partial charge in [0.1, 0.15) is 5.82 Å². The van der Waals surface area contributed by atoms with Crippen LogP contribution in [0.15, 0.2) is 36.8 Å². The van der Waals surface area contributed by atoms with Crippen molar-refractivity contribution in [2.75, 3.05) is 11.1 Å². The summed E-state index contributed by atoms with van der Waals surface area (Å²) in [7, 11) is 0. The van der Waals surface area contributed by atoms with E-state index < -0.39 is 0 Å². The second-order valence-electron chi connectivity index (χ2n) is 7.00. The van der Waals surface area contributed by atoms with Crippen molar-refractivity contribution in [3.05, 3.63) is 53.7 Å². The van der Waals surface area contributed by atoms with Crippen LogP contribution in [0, 0.1) is 0 Å². The van der Waals surface area contributed by atoms with Crippen LogP contribution in [0.2, 0.25) is 0 Å². The highest BCUT2D eigenvalue weighted by molar-refractivity contribution is 5.82. The molecular formula is C19H20N8. The van der Waals surface area contributed by atoms with Gasteiger partial charge in [-0.3, -0.25) is 10.1 Å². The first-order valence-corrected chi connectivity index (χ1v) is 9.06. The van der Waals surface area contributed by atoms with Gasteiger partial charge in [-0.05, 0) is 25.0 Å². The summed E-state index contributed by atoms with van der Waals surface area (Å²) in [4.78, 5) is 16.5. The van der Waals surface area contributed by atoms with E-state index in [9.17, 15) is 0 Å². The van der Waals surface area contributed by atoms with Crippen LogP contribution >= 0.6 is 0 Å². The Morgan fingerprint density at radius 3 is 3.00 bits per heavy atom. The lowest BCUT2D eigenvalue weighted by atomic mass is 9.96. The lowest BCUT2D eigenvalue weighted by Gasteiger charge is -2.16. The number of nitrogens with two attached hydrogens (primary N) is 1. The van der Waals surface area contributed by atoms with Crippen LogP contribution in [-0.2, 0) is 0 Å². The average molecular weight is 360 g/mol. The standard InChI is InChI=1S/C19H20N8/c1-10(17-12-4-6-21-14(12)5-7-22-17)13-9-23-19(20)25-18(13)24-16-8-15(26-27-16)11-2-3-11/h4-11,21H,2-3H2,1H3,(H4,20,23,24,25,26,27)/t10-/m1/s1. The maximum Gasteiger partial charge on any atom is 0.221 e. The van der Waals surface area contributed by atoms with E-state index in [0.29, 0.717) is 11.7 Å². The largest absolute Gasteiger partial charge is 0.368 e. The molecule has 8 heteroatoms. The molecule has 8 nitrogen and oxygen atoms in total. The molecule has 0 radical (unpaired) electrons. The van der Waals surface area contributed by atoms with Gasteiger partial charge in [0.15, 0.2) is 5.82 Å². The highest BCUT2D eigenvalue weighted by Gasteiger charge is 2.26. The molecule has 5 N–H and O–H groups in total. The van der Waals surface area contributed by atoms with E-state index in [2.05, 4.69) is 42.4 Å². The Labute approximate surface area is 155 Å². The minimum atomic E-state index is -0.0190. The third-order valence-electron chi connectivity index (χ3n) is 5.08. The van der Waals surface area contributed by atoms with Gasteiger partial charge in [0.05, 0.1) is 5.69 Å². The van der Waals surface area contributed by atoms with E-state index in [-0.39, 0.29) is 11.9 Å². The lowest BCUT2D eigenvalue weighted by Crippen LogP contribution is -2.08. The number of anilines is 3. The molecule has 4 aromatic heterocycles. The number of aromatic nitrogens is 6. The first kappa shape index (κ1) is 15.8. The van der Waals surface area contributed by atoms with E-state index in [1.165, 1.54) is 12.8 Å². The Morgan fingerprint density at radius 2 is 2.15 bits per heavy atom. The van der Waals surface area contributed by atoms with Crippen molar-refractivity contribution >= 4 is 28.5 Å². The van der Waals surface area contributed by atoms with E-state index in [1.807, 2.05) is 30.6 Å². The fourth-order valence-corrected chi connectivity index (χ4v) is 3.44. The molecular weight excluding hydrogens is 340 g/mol. The van der Waals surface area contributed by atoms with Crippen molar-refractivity contribution in [2.45, 2.75) is 31.6 Å². The van der Waals surface area contributed by atoms with E-state index in [4.69, 9.17) is 5.73 Å². The summed E-state index contributed by atoms with van der Waals surface area (Å²) in [5, 5.41) is 11.8. The first-order valence-electron chi connectivity index (χ1n) is 9.06. The molecule has 4 heterocycles. The summed E-state index contributed by atoms with van der Waals surface area (Å²) < 4.78 is 0. The molecule has 0 spiro atoms. The van der Waals surface area contributed by atoms with Gasteiger partial charge in [-0.25, -0.2) is 4.98 Å². The fraction of sp³-hybridized carbons (Fsp3) is 0.263. The number of hydrogen-bond donors (Lipinski definition) is 4. The zero-order chi connectivity index (χ0) is 18.4. The second-order valence-corrected chi connectivity index (χ2v) is 7.00. The Morgan fingerprint density at radius 1 is 1.26 bits per heavy atom. The average Bonchev–Trinajstić information content (AvgIpc) is 3.22. The molecule has 27 heavy (non-hydrogen) atoms. The van der Waals surface area contributed by atoms with Crippen molar-refractivity contribution in [3.8, 4) is 0 Å². The van der Waals surface area contributed by atoms with Gasteiger partial charge < -0.3 is 16.0 Å². The summed E-state index contributed by atoms with van der Waals surface area (Å²) in [6.45, 7) is 2.09. The molecule has 0 aromatic carbocycles. The number of nitrogens with zero attached hydrogens (tertiary/aromatic N) is 4. The van der Waals surface area contributed by atoms with Crippen molar-refractivity contribution in [1.82, 2.24) is 30.1 Å². The van der Waals surface area contributed by atoms with Gasteiger partial charge in [0.25, 0.3) is 0 Å². The van der Waals surface area contributed by atoms with Gasteiger partial charge in [0, 0.05) is 58.7 Å². The molecule has 1 fully saturated rings. The topological polar surface area (TPSA) is 121 Å². The van der Waals surface area contributed by atoms with Gasteiger partial charge in [0.2, 0.25) is 5.95 Å². The molecule has 0 unspecified atom stereocenters. The van der Waals surface area contributed by atoms with Crippen molar-refractivity contribution in [1.29, 1.82) is 0 Å². The monoisotopic (exact) mass is 360 g/mol. The van der Waals surface area contributed by atoms with Crippen LogP contribution in [0.5, 0.6) is 0 Å². The normalized spacial score (nSPS) is 15.1. The van der Waals surface area contributed by atoms with E-state index in [0.717, 1.165) is 33.7 Å². The second kappa shape index (κ2) is 6.08. The molecule has 0 amide bonds. The number of hydrogen-bond acceptors (Lipinski definition) is 6. The van der Waals surface area contributed by atoms with E-state index >= 15 is 0 Å². The smallest absolute Gasteiger partial charge is 0.221 e. The number of H-pyrrole nitrogens is 2. The minimum Gasteiger partial charge on any atom is -0.368 e. The number of aromatic amines is 2. The van der Waals surface area contributed by atoms with Gasteiger partial charge >= 0.3 is 0 Å². The third-order valence-corrected chi connectivity index (χ3v) is 5.08. The minimum absolute atomic E-state index is 0.0190. The predicted molar refractivity (Wildman–Crippen MR) is 104 cm³/mol. The number of nitrogens with one attached hydrogen (secondary N) is 3. The van der Waals surface area contributed by atoms with Crippen LogP contribution < -0.4 is 11.1 Å². The number of nitrogen functional groups attached to an aromatic ring is 1. The SMILES string of the molecule is C[C@H](c1cnc(N)nc1Nc1cc(C2CC2)[nH]n1)c1nccc2[nH]ccc12. The quantitative estimate of drug-likeness (QED) is 0.433. The van der Waals surface area contributed by atoms with Gasteiger partial charge in [-0.15, -0.1) is 0 Å². The Bertz CT molecular complexity index is 1110. The van der Waals surface area contributed by atoms with Gasteiger partial charge in [-0.2, -0.15) is 10.1 Å². The van der Waals surface area contributed by atoms with Crippen LogP contribution in [-0.4, -0.2) is 30.1 Å². The first-order chi connectivity index (χ1) is 13.2. The summed E-state index contributed by atoms with van der Waals surface area (Å²) >= 11 is 0. The Kier molecular flexibility index (Phi) is 3.56. The summed E-state index contributed by atoms with van der Waals surface area (Å²) in [6, 6.07) is 6.04. The molecule has 1 aliphatic rings. The molecule has 5 rings (SSSR count). The van der Waals surface area contributed by atoms with Crippen LogP contribution in [0.1, 0.15) is 48.6 Å². The predicted octanol–water partition coefficient (Wildman–Crippen LogP) is 3.43. The Hall–Kier alpha value is -3.42. The molecule has 0 bridgehead atoms. The molecule has 4 aromatic rings. The third kappa shape index (κ3) is 2.88. The van der Waals surface area contributed by atoms with Crippen molar-refractivity contribution < 1.29 is 0 Å². The maximum atomic E-state index is 5.85. The van der Waals surface area contributed by atoms with Gasteiger partial charge in [-0.1, -0.05) is 6.92 Å². The molecule has 1 atom stereocenters. The summed E-state index contributed by atoms with van der Waals surface area (Å²) in [6.07, 6.45) is 7.93. The number of pyridine rings is 1. The lowest BCUT2D eigenvalue weighted by molar-refractivity contribution is 0.869. The maximum absolute atomic E-state index is 5.85. The summed E-state index contributed by atoms with van der Waals surface area (Å²) in [5.74, 6) is 2.19. The van der Waals surface area contributed by atoms with Crippen LogP contribution in [0.4, 0.5) is 17.6 Å².